The van der Waals surface area contributed by atoms with Gasteiger partial charge < -0.3 is 10.1 Å². The van der Waals surface area contributed by atoms with E-state index in [0.29, 0.717) is 27.2 Å². The number of anilines is 1. The van der Waals surface area contributed by atoms with Gasteiger partial charge in [-0.05, 0) is 39.0 Å². The van der Waals surface area contributed by atoms with Gasteiger partial charge in [0, 0.05) is 33.8 Å². The van der Waals surface area contributed by atoms with E-state index in [4.69, 9.17) is 27.9 Å². The van der Waals surface area contributed by atoms with Crippen LogP contribution in [0.15, 0.2) is 48.7 Å². The number of hydrogen-bond acceptors (Lipinski definition) is 5. The molecule has 3 rings (SSSR count). The van der Waals surface area contributed by atoms with Crippen LogP contribution in [0.5, 0.6) is 0 Å². The van der Waals surface area contributed by atoms with E-state index >= 15 is 0 Å². The minimum Gasteiger partial charge on any atom is -0.459 e. The number of halogens is 2. The van der Waals surface area contributed by atoms with Crippen molar-refractivity contribution in [2.75, 3.05) is 11.9 Å². The van der Waals surface area contributed by atoms with Gasteiger partial charge in [-0.15, -0.1) is 0 Å². The molecule has 0 unspecified atom stereocenters. The van der Waals surface area contributed by atoms with Gasteiger partial charge in [0.25, 0.3) is 0 Å². The number of fused-ring (bicyclic) bond motifs is 1. The standard InChI is InChI=1S/C22H20Cl2N2O3/c1-22(2,3)29-19(27)12-25-18-7-5-4-6-15(18)20(28)13-8-9-14-16(10-13)21(24)26-11-17(14)23/h4-11,25H,12H2,1-3H3. The third-order valence-electron chi connectivity index (χ3n) is 4.07. The first-order valence-corrected chi connectivity index (χ1v) is 9.74. The molecule has 0 atom stereocenters. The van der Waals surface area contributed by atoms with E-state index in [0.717, 1.165) is 5.39 Å². The second-order valence-corrected chi connectivity index (χ2v) is 8.24. The minimum absolute atomic E-state index is 0.0510. The van der Waals surface area contributed by atoms with E-state index in [2.05, 4.69) is 10.3 Å². The molecule has 2 aromatic carbocycles. The van der Waals surface area contributed by atoms with Gasteiger partial charge in [0.15, 0.2) is 5.78 Å². The molecule has 1 aromatic heterocycles. The van der Waals surface area contributed by atoms with Crippen molar-refractivity contribution in [3.05, 3.63) is 70.0 Å². The maximum absolute atomic E-state index is 13.1. The third-order valence-corrected chi connectivity index (χ3v) is 4.67. The van der Waals surface area contributed by atoms with Gasteiger partial charge in [0.1, 0.15) is 17.3 Å². The van der Waals surface area contributed by atoms with Crippen LogP contribution in [0.1, 0.15) is 36.7 Å². The number of ether oxygens (including phenoxy) is 1. The van der Waals surface area contributed by atoms with Crippen LogP contribution in [0.3, 0.4) is 0 Å². The maximum atomic E-state index is 13.1. The van der Waals surface area contributed by atoms with Crippen LogP contribution < -0.4 is 5.32 Å². The highest BCUT2D eigenvalue weighted by Gasteiger charge is 2.18. The molecule has 1 N–H and O–H groups in total. The number of esters is 1. The van der Waals surface area contributed by atoms with Crippen molar-refractivity contribution in [2.45, 2.75) is 26.4 Å². The highest BCUT2D eigenvalue weighted by Crippen LogP contribution is 2.30. The first-order chi connectivity index (χ1) is 13.7. The van der Waals surface area contributed by atoms with Crippen LogP contribution in [0.2, 0.25) is 10.2 Å². The molecule has 3 aromatic rings. The average molecular weight is 431 g/mol. The molecule has 1 heterocycles. The topological polar surface area (TPSA) is 68.3 Å². The van der Waals surface area contributed by atoms with Crippen LogP contribution in [0.25, 0.3) is 10.8 Å². The molecule has 0 aliphatic rings. The summed E-state index contributed by atoms with van der Waals surface area (Å²) in [6, 6.07) is 12.1. The maximum Gasteiger partial charge on any atom is 0.325 e. The van der Waals surface area contributed by atoms with Gasteiger partial charge in [0.2, 0.25) is 0 Å². The van der Waals surface area contributed by atoms with Crippen molar-refractivity contribution in [3.63, 3.8) is 0 Å². The second kappa shape index (κ2) is 8.39. The van der Waals surface area contributed by atoms with Gasteiger partial charge in [0.05, 0.1) is 5.02 Å². The Labute approximate surface area is 179 Å². The van der Waals surface area contributed by atoms with E-state index < -0.39 is 11.6 Å². The minimum atomic E-state index is -0.576. The fourth-order valence-corrected chi connectivity index (χ4v) is 3.27. The fraction of sp³-hybridized carbons (Fsp3) is 0.227. The SMILES string of the molecule is CC(C)(C)OC(=O)CNc1ccccc1C(=O)c1ccc2c(Cl)cnc(Cl)c2c1. The van der Waals surface area contributed by atoms with E-state index in [1.807, 2.05) is 0 Å². The lowest BCUT2D eigenvalue weighted by atomic mass is 9.99. The summed E-state index contributed by atoms with van der Waals surface area (Å²) in [7, 11) is 0. The van der Waals surface area contributed by atoms with Gasteiger partial charge in [-0.25, -0.2) is 4.98 Å². The van der Waals surface area contributed by atoms with Crippen LogP contribution in [0, 0.1) is 0 Å². The zero-order valence-electron chi connectivity index (χ0n) is 16.3. The van der Waals surface area contributed by atoms with Gasteiger partial charge in [-0.1, -0.05) is 47.5 Å². The van der Waals surface area contributed by atoms with Crippen LogP contribution in [-0.2, 0) is 9.53 Å². The summed E-state index contributed by atoms with van der Waals surface area (Å²) < 4.78 is 5.30. The third kappa shape index (κ3) is 5.05. The lowest BCUT2D eigenvalue weighted by molar-refractivity contribution is -0.152. The van der Waals surface area contributed by atoms with Gasteiger partial charge in [-0.2, -0.15) is 0 Å². The number of hydrogen-bond donors (Lipinski definition) is 1. The van der Waals surface area contributed by atoms with Gasteiger partial charge in [-0.3, -0.25) is 9.59 Å². The number of ketones is 1. The Bertz CT molecular complexity index is 1090. The number of nitrogens with one attached hydrogen (secondary N) is 1. The van der Waals surface area contributed by atoms with E-state index in [1.165, 1.54) is 6.20 Å². The molecule has 0 aliphatic carbocycles. The summed E-state index contributed by atoms with van der Waals surface area (Å²) in [6.07, 6.45) is 1.48. The first-order valence-electron chi connectivity index (χ1n) is 8.99. The number of carbonyl (C=O) groups excluding carboxylic acids is 2. The molecule has 0 saturated carbocycles. The monoisotopic (exact) mass is 430 g/mol. The molecular weight excluding hydrogens is 411 g/mol. The number of nitrogens with zero attached hydrogens (tertiary/aromatic N) is 1. The number of para-hydroxylation sites is 1. The Balaban J connectivity index is 1.88. The number of carbonyl (C=O) groups is 2. The van der Waals surface area contributed by atoms with Crippen molar-refractivity contribution >= 4 is 51.4 Å². The molecule has 0 radical (unpaired) electrons. The molecule has 29 heavy (non-hydrogen) atoms. The smallest absolute Gasteiger partial charge is 0.325 e. The van der Waals surface area contributed by atoms with E-state index in [1.54, 1.807) is 63.2 Å². The normalized spacial score (nSPS) is 11.3. The first kappa shape index (κ1) is 21.1. The highest BCUT2D eigenvalue weighted by atomic mass is 35.5. The highest BCUT2D eigenvalue weighted by molar-refractivity contribution is 6.39. The van der Waals surface area contributed by atoms with Crippen LogP contribution >= 0.6 is 23.2 Å². The lowest BCUT2D eigenvalue weighted by Crippen LogP contribution is -2.28. The zero-order valence-corrected chi connectivity index (χ0v) is 17.8. The molecule has 0 bridgehead atoms. The summed E-state index contributed by atoms with van der Waals surface area (Å²) in [5.74, 6) is -0.617. The number of aromatic nitrogens is 1. The number of benzene rings is 2. The summed E-state index contributed by atoms with van der Waals surface area (Å²) in [6.45, 7) is 5.35. The number of rotatable bonds is 5. The molecule has 150 valence electrons. The molecule has 0 saturated heterocycles. The quantitative estimate of drug-likeness (QED) is 0.327. The molecular formula is C22H20Cl2N2O3. The fourth-order valence-electron chi connectivity index (χ4n) is 2.85. The van der Waals surface area contributed by atoms with E-state index in [-0.39, 0.29) is 17.5 Å². The molecule has 0 fully saturated rings. The molecule has 0 amide bonds. The number of pyridine rings is 1. The van der Waals surface area contributed by atoms with Crippen molar-refractivity contribution < 1.29 is 14.3 Å². The summed E-state index contributed by atoms with van der Waals surface area (Å²) in [4.78, 5) is 29.2. The summed E-state index contributed by atoms with van der Waals surface area (Å²) in [5, 5.41) is 5.05. The molecule has 0 aliphatic heterocycles. The van der Waals surface area contributed by atoms with Crippen LogP contribution in [-0.4, -0.2) is 28.9 Å². The largest absolute Gasteiger partial charge is 0.459 e. The van der Waals surface area contributed by atoms with Crippen LogP contribution in [0.4, 0.5) is 5.69 Å². The molecule has 7 heteroatoms. The Hall–Kier alpha value is -2.63. The van der Waals surface area contributed by atoms with Crippen molar-refractivity contribution in [2.24, 2.45) is 0 Å². The van der Waals surface area contributed by atoms with Crippen molar-refractivity contribution in [1.29, 1.82) is 0 Å². The van der Waals surface area contributed by atoms with E-state index in [9.17, 15) is 9.59 Å². The average Bonchev–Trinajstić information content (AvgIpc) is 2.67. The summed E-state index contributed by atoms with van der Waals surface area (Å²) >= 11 is 12.3. The van der Waals surface area contributed by atoms with Crippen molar-refractivity contribution in [1.82, 2.24) is 4.98 Å². The second-order valence-electron chi connectivity index (χ2n) is 7.47. The Morgan fingerprint density at radius 3 is 2.52 bits per heavy atom. The predicted molar refractivity (Wildman–Crippen MR) is 116 cm³/mol. The predicted octanol–water partition coefficient (Wildman–Crippen LogP) is 5.53. The summed E-state index contributed by atoms with van der Waals surface area (Å²) in [5.41, 5.74) is 0.837. The zero-order chi connectivity index (χ0) is 21.2. The lowest BCUT2D eigenvalue weighted by Gasteiger charge is -2.20. The molecule has 0 spiro atoms. The van der Waals surface area contributed by atoms with Crippen molar-refractivity contribution in [3.8, 4) is 0 Å². The Kier molecular flexibility index (Phi) is 6.10. The van der Waals surface area contributed by atoms with Gasteiger partial charge >= 0.3 is 5.97 Å². The molecule has 5 nitrogen and oxygen atoms in total. The Morgan fingerprint density at radius 2 is 1.79 bits per heavy atom. The Morgan fingerprint density at radius 1 is 1.07 bits per heavy atom.